The number of hydrogen-bond acceptors (Lipinski definition) is 6. The van der Waals surface area contributed by atoms with Crippen LogP contribution in [0.4, 0.5) is 9.93 Å². The zero-order valence-electron chi connectivity index (χ0n) is 15.2. The fraction of sp³-hybridized carbons (Fsp3) is 0.824. The summed E-state index contributed by atoms with van der Waals surface area (Å²) in [6, 6.07) is 0. The Labute approximate surface area is 162 Å². The number of carbonyl (C=O) groups excluding carboxylic acids is 1. The Kier molecular flexibility index (Phi) is 5.88. The molecule has 0 aromatic carbocycles. The minimum atomic E-state index is -0.416. The minimum Gasteiger partial charge on any atom is -0.444 e. The number of halogens is 1. The zero-order chi connectivity index (χ0) is 18.0. The fourth-order valence-corrected chi connectivity index (χ4v) is 4.91. The molecule has 8 heteroatoms. The highest BCUT2D eigenvalue weighted by molar-refractivity contribution is 9.11. The summed E-state index contributed by atoms with van der Waals surface area (Å²) >= 11 is 4.99. The van der Waals surface area contributed by atoms with Gasteiger partial charge >= 0.3 is 6.09 Å². The van der Waals surface area contributed by atoms with E-state index >= 15 is 0 Å². The normalized spacial score (nSPS) is 20.8. The van der Waals surface area contributed by atoms with E-state index in [0.29, 0.717) is 0 Å². The summed E-state index contributed by atoms with van der Waals surface area (Å²) in [6.07, 6.45) is 4.42. The third-order valence-corrected chi connectivity index (χ3v) is 6.47. The van der Waals surface area contributed by atoms with Gasteiger partial charge in [-0.05, 0) is 74.2 Å². The zero-order valence-corrected chi connectivity index (χ0v) is 17.6. The van der Waals surface area contributed by atoms with Crippen LogP contribution >= 0.6 is 27.3 Å². The molecular formula is C17H27BrN4O2S. The lowest BCUT2D eigenvalue weighted by Crippen LogP contribution is -2.44. The molecule has 25 heavy (non-hydrogen) atoms. The van der Waals surface area contributed by atoms with Crippen LogP contribution < -0.4 is 4.90 Å². The lowest BCUT2D eigenvalue weighted by atomic mass is 9.79. The SMILES string of the molecule is CC(C)(C)OC(=O)N1CCC(C2CCN(c3nnc(Br)s3)CC2)CC1. The van der Waals surface area contributed by atoms with Gasteiger partial charge in [0.25, 0.3) is 0 Å². The maximum atomic E-state index is 12.2. The van der Waals surface area contributed by atoms with Crippen LogP contribution in [0.5, 0.6) is 0 Å². The van der Waals surface area contributed by atoms with Gasteiger partial charge in [-0.15, -0.1) is 10.2 Å². The first-order chi connectivity index (χ1) is 11.8. The molecule has 0 saturated carbocycles. The van der Waals surface area contributed by atoms with Crippen LogP contribution in [0.25, 0.3) is 0 Å². The fourth-order valence-electron chi connectivity index (χ4n) is 3.77. The van der Waals surface area contributed by atoms with Gasteiger partial charge in [0.15, 0.2) is 3.92 Å². The molecule has 3 rings (SSSR count). The molecule has 2 aliphatic rings. The van der Waals surface area contributed by atoms with E-state index in [1.165, 1.54) is 12.8 Å². The summed E-state index contributed by atoms with van der Waals surface area (Å²) in [6.45, 7) is 9.51. The molecule has 2 fully saturated rings. The van der Waals surface area contributed by atoms with E-state index in [-0.39, 0.29) is 6.09 Å². The predicted octanol–water partition coefficient (Wildman–Crippen LogP) is 4.16. The molecule has 3 heterocycles. The molecule has 0 aliphatic carbocycles. The number of hydrogen-bond donors (Lipinski definition) is 0. The number of aromatic nitrogens is 2. The molecule has 0 unspecified atom stereocenters. The first-order valence-corrected chi connectivity index (χ1v) is 10.6. The van der Waals surface area contributed by atoms with Crippen LogP contribution in [-0.4, -0.2) is 53.0 Å². The molecule has 1 aromatic heterocycles. The molecule has 0 spiro atoms. The standard InChI is InChI=1S/C17H27BrN4O2S/c1-17(2,3)24-16(23)22-10-6-13(7-11-22)12-4-8-21(9-5-12)15-20-19-14(18)25-15/h12-13H,4-11H2,1-3H3. The second kappa shape index (κ2) is 7.78. The summed E-state index contributed by atoms with van der Waals surface area (Å²) in [5.74, 6) is 1.48. The van der Waals surface area contributed by atoms with Crippen molar-refractivity contribution in [3.05, 3.63) is 3.92 Å². The molecule has 6 nitrogen and oxygen atoms in total. The molecule has 0 atom stereocenters. The number of rotatable bonds is 2. The van der Waals surface area contributed by atoms with Crippen LogP contribution in [0.2, 0.25) is 0 Å². The van der Waals surface area contributed by atoms with Crippen molar-refractivity contribution in [2.75, 3.05) is 31.1 Å². The second-order valence-electron chi connectivity index (χ2n) is 7.97. The van der Waals surface area contributed by atoms with Crippen molar-refractivity contribution in [2.45, 2.75) is 52.1 Å². The third-order valence-electron chi connectivity index (χ3n) is 5.06. The molecule has 140 valence electrons. The van der Waals surface area contributed by atoms with E-state index in [9.17, 15) is 4.79 Å². The Balaban J connectivity index is 1.44. The van der Waals surface area contributed by atoms with Crippen molar-refractivity contribution in [3.8, 4) is 0 Å². The van der Waals surface area contributed by atoms with Gasteiger partial charge in [-0.25, -0.2) is 4.79 Å². The van der Waals surface area contributed by atoms with Crippen molar-refractivity contribution >= 4 is 38.5 Å². The van der Waals surface area contributed by atoms with Crippen molar-refractivity contribution in [1.29, 1.82) is 0 Å². The van der Waals surface area contributed by atoms with E-state index in [4.69, 9.17) is 4.74 Å². The number of amides is 1. The van der Waals surface area contributed by atoms with Crippen LogP contribution in [0.1, 0.15) is 46.5 Å². The Hall–Kier alpha value is -0.890. The first-order valence-electron chi connectivity index (χ1n) is 9.04. The van der Waals surface area contributed by atoms with E-state index in [2.05, 4.69) is 31.0 Å². The van der Waals surface area contributed by atoms with Crippen LogP contribution in [0.15, 0.2) is 3.92 Å². The van der Waals surface area contributed by atoms with Gasteiger partial charge in [-0.1, -0.05) is 11.3 Å². The van der Waals surface area contributed by atoms with E-state index in [0.717, 1.165) is 59.9 Å². The molecule has 0 bridgehead atoms. The maximum Gasteiger partial charge on any atom is 0.410 e. The number of carbonyl (C=O) groups is 1. The van der Waals surface area contributed by atoms with E-state index in [1.807, 2.05) is 25.7 Å². The van der Waals surface area contributed by atoms with Crippen molar-refractivity contribution in [3.63, 3.8) is 0 Å². The smallest absolute Gasteiger partial charge is 0.410 e. The molecule has 1 aromatic rings. The monoisotopic (exact) mass is 430 g/mol. The van der Waals surface area contributed by atoms with Crippen LogP contribution in [-0.2, 0) is 4.74 Å². The van der Waals surface area contributed by atoms with E-state index in [1.54, 1.807) is 11.3 Å². The molecule has 0 N–H and O–H groups in total. The van der Waals surface area contributed by atoms with Crippen LogP contribution in [0.3, 0.4) is 0 Å². The number of nitrogens with zero attached hydrogens (tertiary/aromatic N) is 4. The molecule has 0 radical (unpaired) electrons. The Morgan fingerprint density at radius 2 is 1.64 bits per heavy atom. The van der Waals surface area contributed by atoms with Crippen molar-refractivity contribution in [1.82, 2.24) is 15.1 Å². The summed E-state index contributed by atoms with van der Waals surface area (Å²) in [5, 5.41) is 9.29. The van der Waals surface area contributed by atoms with Gasteiger partial charge < -0.3 is 14.5 Å². The summed E-state index contributed by atoms with van der Waals surface area (Å²) < 4.78 is 6.33. The Bertz CT molecular complexity index is 588. The number of ether oxygens (including phenoxy) is 1. The van der Waals surface area contributed by atoms with Crippen molar-refractivity contribution < 1.29 is 9.53 Å². The van der Waals surface area contributed by atoms with Gasteiger partial charge in [0, 0.05) is 26.2 Å². The topological polar surface area (TPSA) is 58.6 Å². The molecule has 2 saturated heterocycles. The molecule has 1 amide bonds. The van der Waals surface area contributed by atoms with E-state index < -0.39 is 5.60 Å². The molecular weight excluding hydrogens is 404 g/mol. The van der Waals surface area contributed by atoms with Gasteiger partial charge in [-0.3, -0.25) is 0 Å². The van der Waals surface area contributed by atoms with Crippen LogP contribution in [0, 0.1) is 11.8 Å². The largest absolute Gasteiger partial charge is 0.444 e. The Morgan fingerprint density at radius 3 is 2.12 bits per heavy atom. The average molecular weight is 431 g/mol. The lowest BCUT2D eigenvalue weighted by Gasteiger charge is -2.40. The number of piperidine rings is 2. The van der Waals surface area contributed by atoms with Gasteiger partial charge in [0.05, 0.1) is 0 Å². The highest BCUT2D eigenvalue weighted by Crippen LogP contribution is 2.35. The Morgan fingerprint density at radius 1 is 1.08 bits per heavy atom. The number of likely N-dealkylation sites (tertiary alicyclic amines) is 1. The van der Waals surface area contributed by atoms with Gasteiger partial charge in [0.2, 0.25) is 5.13 Å². The quantitative estimate of drug-likeness (QED) is 0.704. The summed E-state index contributed by atoms with van der Waals surface area (Å²) in [7, 11) is 0. The minimum absolute atomic E-state index is 0.164. The molecule has 2 aliphatic heterocycles. The highest BCUT2D eigenvalue weighted by Gasteiger charge is 2.32. The highest BCUT2D eigenvalue weighted by atomic mass is 79.9. The first kappa shape index (κ1) is 18.9. The third kappa shape index (κ3) is 5.06. The second-order valence-corrected chi connectivity index (χ2v) is 10.2. The maximum absolute atomic E-state index is 12.2. The van der Waals surface area contributed by atoms with Crippen molar-refractivity contribution in [2.24, 2.45) is 11.8 Å². The van der Waals surface area contributed by atoms with Gasteiger partial charge in [0.1, 0.15) is 5.60 Å². The van der Waals surface area contributed by atoms with Gasteiger partial charge in [-0.2, -0.15) is 0 Å². The summed E-state index contributed by atoms with van der Waals surface area (Å²) in [5.41, 5.74) is -0.416. The number of anilines is 1. The summed E-state index contributed by atoms with van der Waals surface area (Å²) in [4.78, 5) is 16.4. The predicted molar refractivity (Wildman–Crippen MR) is 103 cm³/mol. The average Bonchev–Trinajstić information content (AvgIpc) is 3.00. The lowest BCUT2D eigenvalue weighted by molar-refractivity contribution is 0.0152.